The second kappa shape index (κ2) is 10.1. The molecule has 1 aliphatic rings. The number of para-hydroxylation sites is 1. The van der Waals surface area contributed by atoms with Crippen molar-refractivity contribution in [1.82, 2.24) is 5.32 Å². The van der Waals surface area contributed by atoms with Gasteiger partial charge in [0.05, 0.1) is 23.2 Å². The van der Waals surface area contributed by atoms with Gasteiger partial charge in [-0.3, -0.25) is 9.10 Å². The number of sulfonamides is 1. The number of halogens is 1. The van der Waals surface area contributed by atoms with E-state index in [0.717, 1.165) is 40.5 Å². The fourth-order valence-electron chi connectivity index (χ4n) is 3.70. The molecule has 1 atom stereocenters. The average Bonchev–Trinajstić information content (AvgIpc) is 2.79. The zero-order chi connectivity index (χ0) is 21.7. The predicted molar refractivity (Wildman–Crippen MR) is 126 cm³/mol. The minimum Gasteiger partial charge on any atom is -0.466 e. The van der Waals surface area contributed by atoms with Crippen molar-refractivity contribution < 1.29 is 17.9 Å². The molecule has 1 unspecified atom stereocenters. The molecule has 30 heavy (non-hydrogen) atoms. The molecule has 6 nitrogen and oxygen atoms in total. The highest BCUT2D eigenvalue weighted by atomic mass is 127. The van der Waals surface area contributed by atoms with Crippen LogP contribution >= 0.6 is 22.6 Å². The first kappa shape index (κ1) is 23.0. The molecule has 162 valence electrons. The van der Waals surface area contributed by atoms with Crippen molar-refractivity contribution in [2.45, 2.75) is 43.5 Å². The molecule has 0 fully saturated rings. The Balaban J connectivity index is 1.80. The van der Waals surface area contributed by atoms with Crippen LogP contribution in [0.25, 0.3) is 0 Å². The highest BCUT2D eigenvalue weighted by Gasteiger charge is 2.34. The zero-order valence-electron chi connectivity index (χ0n) is 17.2. The number of benzene rings is 2. The van der Waals surface area contributed by atoms with Crippen molar-refractivity contribution in [2.75, 3.05) is 24.5 Å². The van der Waals surface area contributed by atoms with E-state index in [2.05, 4.69) is 27.9 Å². The van der Waals surface area contributed by atoms with Crippen LogP contribution in [0.15, 0.2) is 47.4 Å². The van der Waals surface area contributed by atoms with E-state index in [0.29, 0.717) is 23.6 Å². The Morgan fingerprint density at radius 3 is 2.67 bits per heavy atom. The third kappa shape index (κ3) is 4.97. The van der Waals surface area contributed by atoms with E-state index in [1.165, 1.54) is 4.31 Å². The van der Waals surface area contributed by atoms with Crippen LogP contribution in [0.4, 0.5) is 5.69 Å². The van der Waals surface area contributed by atoms with Gasteiger partial charge in [-0.25, -0.2) is 8.42 Å². The SMILES string of the molecule is CCOC(=O)CCCCCNC1c2ccccc2N(C)S(=O)(=O)c2cc(I)ccc21. The Kier molecular flexibility index (Phi) is 7.75. The number of nitrogens with zero attached hydrogens (tertiary/aromatic N) is 1. The normalized spacial score (nSPS) is 17.0. The van der Waals surface area contributed by atoms with Crippen LogP contribution in [-0.4, -0.2) is 34.6 Å². The quantitative estimate of drug-likeness (QED) is 0.307. The molecule has 8 heteroatoms. The predicted octanol–water partition coefficient (Wildman–Crippen LogP) is 4.23. The topological polar surface area (TPSA) is 75.7 Å². The number of fused-ring (bicyclic) bond motifs is 2. The molecule has 0 saturated heterocycles. The van der Waals surface area contributed by atoms with Crippen molar-refractivity contribution in [2.24, 2.45) is 0 Å². The van der Waals surface area contributed by atoms with Gasteiger partial charge in [-0.1, -0.05) is 30.7 Å². The number of ether oxygens (including phenoxy) is 1. The van der Waals surface area contributed by atoms with Crippen LogP contribution in [0, 0.1) is 3.57 Å². The minimum absolute atomic E-state index is 0.153. The summed E-state index contributed by atoms with van der Waals surface area (Å²) in [5.41, 5.74) is 2.39. The van der Waals surface area contributed by atoms with Gasteiger partial charge < -0.3 is 10.1 Å². The van der Waals surface area contributed by atoms with Crippen LogP contribution < -0.4 is 9.62 Å². The fourth-order valence-corrected chi connectivity index (χ4v) is 5.89. The van der Waals surface area contributed by atoms with Gasteiger partial charge in [-0.15, -0.1) is 0 Å². The fraction of sp³-hybridized carbons (Fsp3) is 0.409. The summed E-state index contributed by atoms with van der Waals surface area (Å²) in [5, 5.41) is 3.56. The summed E-state index contributed by atoms with van der Waals surface area (Å²) in [4.78, 5) is 11.8. The van der Waals surface area contributed by atoms with E-state index in [1.54, 1.807) is 13.1 Å². The van der Waals surface area contributed by atoms with Gasteiger partial charge >= 0.3 is 5.97 Å². The molecule has 0 saturated carbocycles. The lowest BCUT2D eigenvalue weighted by atomic mass is 9.96. The Bertz CT molecular complexity index is 1010. The van der Waals surface area contributed by atoms with Crippen LogP contribution in [0.3, 0.4) is 0 Å². The summed E-state index contributed by atoms with van der Waals surface area (Å²) in [5.74, 6) is -0.153. The van der Waals surface area contributed by atoms with Crippen LogP contribution in [0.5, 0.6) is 0 Å². The summed E-state index contributed by atoms with van der Waals surface area (Å²) in [6.45, 7) is 2.94. The Hall–Kier alpha value is -1.65. The lowest BCUT2D eigenvalue weighted by Crippen LogP contribution is -2.26. The second-order valence-electron chi connectivity index (χ2n) is 7.22. The number of carbonyl (C=O) groups is 1. The van der Waals surface area contributed by atoms with Crippen molar-refractivity contribution in [1.29, 1.82) is 0 Å². The lowest BCUT2D eigenvalue weighted by Gasteiger charge is -2.22. The number of carbonyl (C=O) groups excluding carboxylic acids is 1. The van der Waals surface area contributed by atoms with Crippen molar-refractivity contribution in [3.05, 3.63) is 57.2 Å². The van der Waals surface area contributed by atoms with E-state index in [-0.39, 0.29) is 12.0 Å². The van der Waals surface area contributed by atoms with Crippen LogP contribution in [0.2, 0.25) is 0 Å². The first-order chi connectivity index (χ1) is 14.4. The van der Waals surface area contributed by atoms with E-state index >= 15 is 0 Å². The summed E-state index contributed by atoms with van der Waals surface area (Å²) < 4.78 is 33.7. The standard InChI is InChI=1S/C22H27IN2O4S/c1-3-29-21(26)11-5-4-8-14-24-22-17-9-6-7-10-19(17)25(2)30(27,28)20-15-16(23)12-13-18(20)22/h6-7,9-10,12-13,15,22,24H,3-5,8,11,14H2,1-2H3. The van der Waals surface area contributed by atoms with Crippen LogP contribution in [-0.2, 0) is 19.6 Å². The number of esters is 1. The van der Waals surface area contributed by atoms with Crippen molar-refractivity contribution in [3.63, 3.8) is 0 Å². The Morgan fingerprint density at radius 1 is 1.13 bits per heavy atom. The largest absolute Gasteiger partial charge is 0.466 e. The van der Waals surface area contributed by atoms with Gasteiger partial charge in [0.1, 0.15) is 0 Å². The molecular formula is C22H27IN2O4S. The van der Waals surface area contributed by atoms with Crippen molar-refractivity contribution in [3.8, 4) is 0 Å². The molecular weight excluding hydrogens is 515 g/mol. The molecule has 1 heterocycles. The van der Waals surface area contributed by atoms with E-state index in [1.807, 2.05) is 43.3 Å². The van der Waals surface area contributed by atoms with E-state index in [9.17, 15) is 13.2 Å². The molecule has 0 bridgehead atoms. The van der Waals surface area contributed by atoms with E-state index in [4.69, 9.17) is 4.74 Å². The second-order valence-corrected chi connectivity index (χ2v) is 10.4. The number of rotatable bonds is 8. The maximum absolute atomic E-state index is 13.3. The summed E-state index contributed by atoms with van der Waals surface area (Å²) in [6.07, 6.45) is 3.01. The van der Waals surface area contributed by atoms with E-state index < -0.39 is 10.0 Å². The highest BCUT2D eigenvalue weighted by Crippen LogP contribution is 2.40. The molecule has 2 aromatic carbocycles. The first-order valence-electron chi connectivity index (χ1n) is 10.1. The smallest absolute Gasteiger partial charge is 0.305 e. The number of hydrogen-bond acceptors (Lipinski definition) is 5. The lowest BCUT2D eigenvalue weighted by molar-refractivity contribution is -0.143. The maximum Gasteiger partial charge on any atom is 0.305 e. The first-order valence-corrected chi connectivity index (χ1v) is 12.6. The monoisotopic (exact) mass is 542 g/mol. The van der Waals surface area contributed by atoms with Gasteiger partial charge in [0.25, 0.3) is 10.0 Å². The molecule has 3 rings (SSSR count). The molecule has 0 aliphatic carbocycles. The molecule has 1 N–H and O–H groups in total. The zero-order valence-corrected chi connectivity index (χ0v) is 20.2. The third-order valence-corrected chi connectivity index (χ3v) is 7.72. The summed E-state index contributed by atoms with van der Waals surface area (Å²) in [6, 6.07) is 13.0. The Morgan fingerprint density at radius 2 is 1.90 bits per heavy atom. The number of unbranched alkanes of at least 4 members (excludes halogenated alkanes) is 2. The molecule has 1 aliphatic heterocycles. The van der Waals surface area contributed by atoms with Gasteiger partial charge in [0.15, 0.2) is 0 Å². The van der Waals surface area contributed by atoms with Gasteiger partial charge in [-0.2, -0.15) is 0 Å². The van der Waals surface area contributed by atoms with Gasteiger partial charge in [0, 0.05) is 17.0 Å². The number of nitrogens with one attached hydrogen (secondary N) is 1. The third-order valence-electron chi connectivity index (χ3n) is 5.22. The highest BCUT2D eigenvalue weighted by molar-refractivity contribution is 14.1. The van der Waals surface area contributed by atoms with Gasteiger partial charge in [-0.05, 0) is 78.2 Å². The van der Waals surface area contributed by atoms with Crippen LogP contribution in [0.1, 0.15) is 49.8 Å². The number of anilines is 1. The molecule has 0 amide bonds. The molecule has 0 aromatic heterocycles. The summed E-state index contributed by atoms with van der Waals surface area (Å²) in [7, 11) is -2.04. The van der Waals surface area contributed by atoms with Crippen molar-refractivity contribution >= 4 is 44.3 Å². The number of hydrogen-bond donors (Lipinski definition) is 1. The molecule has 2 aromatic rings. The summed E-state index contributed by atoms with van der Waals surface area (Å²) >= 11 is 2.14. The average molecular weight is 542 g/mol. The van der Waals surface area contributed by atoms with Gasteiger partial charge in [0.2, 0.25) is 0 Å². The molecule has 0 radical (unpaired) electrons. The molecule has 0 spiro atoms. The maximum atomic E-state index is 13.3. The Labute approximate surface area is 192 Å². The minimum atomic E-state index is -3.64.